The van der Waals surface area contributed by atoms with E-state index in [-0.39, 0.29) is 18.3 Å². The van der Waals surface area contributed by atoms with Crippen molar-refractivity contribution in [2.45, 2.75) is 26.0 Å². The largest absolute Gasteiger partial charge is 0.445 e. The summed E-state index contributed by atoms with van der Waals surface area (Å²) in [6, 6.07) is 13.2. The molecule has 2 rings (SSSR count). The van der Waals surface area contributed by atoms with Crippen LogP contribution < -0.4 is 10.0 Å². The minimum Gasteiger partial charge on any atom is -0.445 e. The lowest BCUT2D eigenvalue weighted by Crippen LogP contribution is -2.34. The highest BCUT2D eigenvalue weighted by atomic mass is 32.2. The van der Waals surface area contributed by atoms with Gasteiger partial charge in [0.2, 0.25) is 10.0 Å². The van der Waals surface area contributed by atoms with Gasteiger partial charge in [0.25, 0.3) is 0 Å². The third-order valence-corrected chi connectivity index (χ3v) is 4.04. The maximum Gasteiger partial charge on any atom is 0.407 e. The van der Waals surface area contributed by atoms with Crippen LogP contribution in [-0.2, 0) is 27.8 Å². The topological polar surface area (TPSA) is 84.5 Å². The minimum absolute atomic E-state index is 0.112. The first-order valence-electron chi connectivity index (χ1n) is 7.96. The van der Waals surface area contributed by atoms with Crippen molar-refractivity contribution in [2.75, 3.05) is 11.0 Å². The lowest BCUT2D eigenvalue weighted by molar-refractivity contribution is 0.136. The number of nitrogens with one attached hydrogen (secondary N) is 2. The number of hydrogen-bond acceptors (Lipinski definition) is 4. The second-order valence-electron chi connectivity index (χ2n) is 6.00. The summed E-state index contributed by atoms with van der Waals surface area (Å²) in [6.07, 6.45) is 0.765. The van der Waals surface area contributed by atoms with Gasteiger partial charge < -0.3 is 10.1 Å². The van der Waals surface area contributed by atoms with Crippen LogP contribution in [0.4, 0.5) is 14.9 Å². The number of anilines is 1. The quantitative estimate of drug-likeness (QED) is 0.773. The van der Waals surface area contributed by atoms with Gasteiger partial charge in [-0.3, -0.25) is 4.72 Å². The highest BCUT2D eigenvalue weighted by Crippen LogP contribution is 2.18. The van der Waals surface area contributed by atoms with Crippen molar-refractivity contribution in [1.82, 2.24) is 5.32 Å². The highest BCUT2D eigenvalue weighted by molar-refractivity contribution is 7.92. The van der Waals surface area contributed by atoms with Crippen LogP contribution in [0.5, 0.6) is 0 Å². The van der Waals surface area contributed by atoms with Gasteiger partial charge in [-0.1, -0.05) is 36.4 Å². The molecule has 0 aliphatic carbocycles. The van der Waals surface area contributed by atoms with E-state index >= 15 is 0 Å². The molecule has 2 N–H and O–H groups in total. The molecule has 0 heterocycles. The molecule has 0 saturated heterocycles. The molecule has 0 fully saturated rings. The number of benzene rings is 2. The van der Waals surface area contributed by atoms with Gasteiger partial charge in [0.05, 0.1) is 11.9 Å². The number of amides is 1. The fourth-order valence-corrected chi connectivity index (χ4v) is 2.90. The van der Waals surface area contributed by atoms with Gasteiger partial charge in [-0.05, 0) is 36.6 Å². The van der Waals surface area contributed by atoms with E-state index in [1.54, 1.807) is 13.0 Å². The molecule has 0 radical (unpaired) electrons. The van der Waals surface area contributed by atoms with Crippen LogP contribution in [0.15, 0.2) is 48.5 Å². The van der Waals surface area contributed by atoms with Crippen molar-refractivity contribution in [3.63, 3.8) is 0 Å². The minimum atomic E-state index is -3.54. The second-order valence-corrected chi connectivity index (χ2v) is 7.75. The summed E-state index contributed by atoms with van der Waals surface area (Å²) < 4.78 is 43.5. The van der Waals surface area contributed by atoms with Gasteiger partial charge in [-0.2, -0.15) is 0 Å². The Morgan fingerprint density at radius 3 is 2.46 bits per heavy atom. The Labute approximate surface area is 152 Å². The normalized spacial score (nSPS) is 12.3. The number of ether oxygens (including phenoxy) is 1. The van der Waals surface area contributed by atoms with Gasteiger partial charge in [0.15, 0.2) is 0 Å². The molecular formula is C18H21FN2O4S. The molecule has 0 saturated carbocycles. The Hall–Kier alpha value is -2.61. The summed E-state index contributed by atoms with van der Waals surface area (Å²) in [5, 5.41) is 2.68. The summed E-state index contributed by atoms with van der Waals surface area (Å²) in [7, 11) is -3.54. The van der Waals surface area contributed by atoms with E-state index in [9.17, 15) is 17.6 Å². The first-order valence-corrected chi connectivity index (χ1v) is 9.85. The molecule has 1 atom stereocenters. The van der Waals surface area contributed by atoms with Crippen LogP contribution >= 0.6 is 0 Å². The first kappa shape index (κ1) is 19.7. The third kappa shape index (κ3) is 6.72. The maximum atomic E-state index is 14.0. The number of rotatable bonds is 7. The number of carbonyl (C=O) groups excluding carboxylic acids is 1. The molecule has 0 aromatic heterocycles. The van der Waals surface area contributed by atoms with Crippen molar-refractivity contribution in [1.29, 1.82) is 0 Å². The van der Waals surface area contributed by atoms with Gasteiger partial charge in [-0.15, -0.1) is 0 Å². The molecule has 8 heteroatoms. The van der Waals surface area contributed by atoms with Crippen LogP contribution in [0, 0.1) is 5.82 Å². The molecule has 140 valence electrons. The number of hydrogen-bond donors (Lipinski definition) is 2. The average Bonchev–Trinajstić information content (AvgIpc) is 2.55. The maximum absolute atomic E-state index is 14.0. The molecule has 0 aliphatic rings. The summed E-state index contributed by atoms with van der Waals surface area (Å²) in [5.41, 5.74) is 1.39. The van der Waals surface area contributed by atoms with Crippen LogP contribution in [0.2, 0.25) is 0 Å². The molecule has 6 nitrogen and oxygen atoms in total. The van der Waals surface area contributed by atoms with Gasteiger partial charge in [0, 0.05) is 6.04 Å². The SMILES string of the molecule is CC(Cc1ccc(NS(C)(=O)=O)c(F)c1)NC(=O)OCc1ccccc1. The van der Waals surface area contributed by atoms with E-state index < -0.39 is 21.9 Å². The second kappa shape index (κ2) is 8.66. The molecule has 1 amide bonds. The van der Waals surface area contributed by atoms with Gasteiger partial charge in [0.1, 0.15) is 12.4 Å². The predicted molar refractivity (Wildman–Crippen MR) is 97.8 cm³/mol. The average molecular weight is 380 g/mol. The van der Waals surface area contributed by atoms with Crippen LogP contribution in [0.25, 0.3) is 0 Å². The Morgan fingerprint density at radius 2 is 1.85 bits per heavy atom. The Bertz CT molecular complexity index is 857. The molecule has 2 aromatic rings. The van der Waals surface area contributed by atoms with E-state index in [1.807, 2.05) is 30.3 Å². The van der Waals surface area contributed by atoms with Gasteiger partial charge >= 0.3 is 6.09 Å². The Balaban J connectivity index is 1.86. The summed E-state index contributed by atoms with van der Waals surface area (Å²) in [6.45, 7) is 1.93. The van der Waals surface area contributed by atoms with Crippen LogP contribution in [0.1, 0.15) is 18.1 Å². The zero-order valence-corrected chi connectivity index (χ0v) is 15.3. The molecule has 0 bridgehead atoms. The van der Waals surface area contributed by atoms with Crippen molar-refractivity contribution in [3.05, 3.63) is 65.5 Å². The number of carbonyl (C=O) groups is 1. The lowest BCUT2D eigenvalue weighted by atomic mass is 10.1. The number of sulfonamides is 1. The Kier molecular flexibility index (Phi) is 6.57. The molecule has 0 spiro atoms. The molecule has 0 aliphatic heterocycles. The lowest BCUT2D eigenvalue weighted by Gasteiger charge is -2.15. The molecule has 2 aromatic carbocycles. The van der Waals surface area contributed by atoms with Crippen molar-refractivity contribution in [2.24, 2.45) is 0 Å². The monoisotopic (exact) mass is 380 g/mol. The molecular weight excluding hydrogens is 359 g/mol. The summed E-state index contributed by atoms with van der Waals surface area (Å²) in [4.78, 5) is 11.8. The first-order chi connectivity index (χ1) is 12.2. The molecule has 26 heavy (non-hydrogen) atoms. The zero-order valence-electron chi connectivity index (χ0n) is 14.5. The fourth-order valence-electron chi connectivity index (χ4n) is 2.34. The van der Waals surface area contributed by atoms with Crippen LogP contribution in [0.3, 0.4) is 0 Å². The van der Waals surface area contributed by atoms with E-state index in [0.717, 1.165) is 11.8 Å². The Morgan fingerprint density at radius 1 is 1.15 bits per heavy atom. The van der Waals surface area contributed by atoms with Crippen LogP contribution in [-0.4, -0.2) is 26.8 Å². The van der Waals surface area contributed by atoms with E-state index in [0.29, 0.717) is 12.0 Å². The number of halogens is 1. The zero-order chi connectivity index (χ0) is 19.2. The molecule has 1 unspecified atom stereocenters. The smallest absolute Gasteiger partial charge is 0.407 e. The van der Waals surface area contributed by atoms with E-state index in [2.05, 4.69) is 10.0 Å². The summed E-state index contributed by atoms with van der Waals surface area (Å²) in [5.74, 6) is -0.674. The summed E-state index contributed by atoms with van der Waals surface area (Å²) >= 11 is 0. The highest BCUT2D eigenvalue weighted by Gasteiger charge is 2.12. The van der Waals surface area contributed by atoms with Crippen molar-refractivity contribution in [3.8, 4) is 0 Å². The van der Waals surface area contributed by atoms with Crippen molar-refractivity contribution < 1.29 is 22.3 Å². The standard InChI is InChI=1S/C18H21FN2O4S/c1-13(20-18(22)25-12-14-6-4-3-5-7-14)10-15-8-9-17(16(19)11-15)21-26(2,23)24/h3-9,11,13,21H,10,12H2,1-2H3,(H,20,22). The predicted octanol–water partition coefficient (Wildman–Crippen LogP) is 3.05. The van der Waals surface area contributed by atoms with Gasteiger partial charge in [-0.25, -0.2) is 17.6 Å². The van der Waals surface area contributed by atoms with E-state index in [1.165, 1.54) is 12.1 Å². The van der Waals surface area contributed by atoms with Crippen molar-refractivity contribution >= 4 is 21.8 Å². The fraction of sp³-hybridized carbons (Fsp3) is 0.278. The number of alkyl carbamates (subject to hydrolysis) is 1. The van der Waals surface area contributed by atoms with E-state index in [4.69, 9.17) is 4.74 Å². The third-order valence-electron chi connectivity index (χ3n) is 3.45.